The Labute approximate surface area is 91.5 Å². The van der Waals surface area contributed by atoms with Crippen LogP contribution in [0.2, 0.25) is 0 Å². The van der Waals surface area contributed by atoms with Crippen LogP contribution in [0, 0.1) is 0 Å². The van der Waals surface area contributed by atoms with Gasteiger partial charge in [-0.3, -0.25) is 0 Å². The van der Waals surface area contributed by atoms with Gasteiger partial charge in [-0.25, -0.2) is 0 Å². The van der Waals surface area contributed by atoms with Gasteiger partial charge in [0.1, 0.15) is 0 Å². The van der Waals surface area contributed by atoms with Crippen LogP contribution in [-0.4, -0.2) is 12.6 Å². The fourth-order valence-electron chi connectivity index (χ4n) is 1.46. The molecule has 0 aliphatic heterocycles. The van der Waals surface area contributed by atoms with Crippen molar-refractivity contribution >= 4 is 11.3 Å². The monoisotopic (exact) mass is 211 g/mol. The number of thiophene rings is 1. The fourth-order valence-corrected chi connectivity index (χ4v) is 2.34. The highest BCUT2D eigenvalue weighted by Crippen LogP contribution is 2.30. The molecule has 1 aromatic heterocycles. The molecular weight excluding hydrogens is 190 g/mol. The number of nitrogens with one attached hydrogen (secondary N) is 1. The van der Waals surface area contributed by atoms with Gasteiger partial charge >= 0.3 is 0 Å². The minimum absolute atomic E-state index is 0.316. The maximum atomic E-state index is 3.47. The molecule has 0 unspecified atom stereocenters. The molecule has 0 saturated carbocycles. The maximum Gasteiger partial charge on any atom is 0.0102 e. The van der Waals surface area contributed by atoms with Crippen LogP contribution in [0.5, 0.6) is 0 Å². The van der Waals surface area contributed by atoms with Crippen LogP contribution in [0.3, 0.4) is 0 Å². The summed E-state index contributed by atoms with van der Waals surface area (Å²) in [5, 5.41) is 5.63. The summed E-state index contributed by atoms with van der Waals surface area (Å²) in [6.45, 7) is 10.1. The number of hydrogen-bond acceptors (Lipinski definition) is 2. The Morgan fingerprint density at radius 1 is 1.43 bits per heavy atom. The molecule has 0 aliphatic carbocycles. The molecule has 1 heterocycles. The molecular formula is C12H21NS. The Morgan fingerprint density at radius 3 is 2.64 bits per heavy atom. The third-order valence-electron chi connectivity index (χ3n) is 2.49. The van der Waals surface area contributed by atoms with E-state index in [1.807, 2.05) is 11.3 Å². The van der Waals surface area contributed by atoms with Crippen LogP contribution in [0.25, 0.3) is 0 Å². The van der Waals surface area contributed by atoms with E-state index in [9.17, 15) is 0 Å². The average Bonchev–Trinajstić information content (AvgIpc) is 2.54. The van der Waals surface area contributed by atoms with E-state index in [4.69, 9.17) is 0 Å². The number of rotatable bonds is 5. The summed E-state index contributed by atoms with van der Waals surface area (Å²) in [6, 6.07) is 4.96. The van der Waals surface area contributed by atoms with E-state index in [2.05, 4.69) is 50.5 Å². The summed E-state index contributed by atoms with van der Waals surface area (Å²) >= 11 is 1.86. The first-order valence-corrected chi connectivity index (χ1v) is 6.18. The molecule has 0 atom stereocenters. The lowest BCUT2D eigenvalue weighted by Gasteiger charge is -2.24. The van der Waals surface area contributed by atoms with Crippen molar-refractivity contribution in [2.24, 2.45) is 0 Å². The molecule has 1 N–H and O–H groups in total. The van der Waals surface area contributed by atoms with Crippen molar-refractivity contribution in [2.75, 3.05) is 6.54 Å². The van der Waals surface area contributed by atoms with Crippen molar-refractivity contribution in [1.82, 2.24) is 5.32 Å². The van der Waals surface area contributed by atoms with Crippen LogP contribution in [0.4, 0.5) is 0 Å². The Kier molecular flexibility index (Phi) is 4.14. The van der Waals surface area contributed by atoms with E-state index >= 15 is 0 Å². The lowest BCUT2D eigenvalue weighted by molar-refractivity contribution is 0.448. The zero-order valence-electron chi connectivity index (χ0n) is 9.63. The van der Waals surface area contributed by atoms with E-state index in [1.165, 1.54) is 11.3 Å². The summed E-state index contributed by atoms with van der Waals surface area (Å²) in [4.78, 5) is 1.49. The Balaban J connectivity index is 2.42. The molecule has 0 amide bonds. The molecule has 1 nitrogen and oxygen atoms in total. The first-order chi connectivity index (χ1) is 6.52. The SMILES string of the molecule is CC(C)NCCC(C)(C)c1cccs1. The van der Waals surface area contributed by atoms with Gasteiger partial charge in [0.25, 0.3) is 0 Å². The molecule has 0 fully saturated rings. The van der Waals surface area contributed by atoms with Gasteiger partial charge < -0.3 is 5.32 Å². The third-order valence-corrected chi connectivity index (χ3v) is 3.73. The Morgan fingerprint density at radius 2 is 2.14 bits per heavy atom. The topological polar surface area (TPSA) is 12.0 Å². The Bertz CT molecular complexity index is 249. The first kappa shape index (κ1) is 11.7. The lowest BCUT2D eigenvalue weighted by atomic mass is 9.87. The van der Waals surface area contributed by atoms with Crippen LogP contribution in [0.15, 0.2) is 17.5 Å². The summed E-state index contributed by atoms with van der Waals surface area (Å²) < 4.78 is 0. The van der Waals surface area contributed by atoms with Crippen molar-refractivity contribution in [3.8, 4) is 0 Å². The molecule has 1 rings (SSSR count). The molecule has 0 saturated heterocycles. The van der Waals surface area contributed by atoms with E-state index in [-0.39, 0.29) is 0 Å². The van der Waals surface area contributed by atoms with E-state index in [1.54, 1.807) is 0 Å². The molecule has 0 bridgehead atoms. The van der Waals surface area contributed by atoms with Crippen molar-refractivity contribution in [1.29, 1.82) is 0 Å². The average molecular weight is 211 g/mol. The quantitative estimate of drug-likeness (QED) is 0.787. The molecule has 2 heteroatoms. The van der Waals surface area contributed by atoms with Crippen molar-refractivity contribution in [2.45, 2.75) is 45.6 Å². The second-order valence-corrected chi connectivity index (χ2v) is 5.67. The summed E-state index contributed by atoms with van der Waals surface area (Å²) in [5.74, 6) is 0. The molecule has 0 aromatic carbocycles. The van der Waals surface area contributed by atoms with Gasteiger partial charge in [0.05, 0.1) is 0 Å². The van der Waals surface area contributed by atoms with Gasteiger partial charge in [-0.15, -0.1) is 11.3 Å². The Hall–Kier alpha value is -0.340. The van der Waals surface area contributed by atoms with Crippen LogP contribution in [0.1, 0.15) is 39.0 Å². The van der Waals surface area contributed by atoms with E-state index in [0.717, 1.165) is 6.54 Å². The third kappa shape index (κ3) is 3.43. The predicted molar refractivity (Wildman–Crippen MR) is 65.1 cm³/mol. The fraction of sp³-hybridized carbons (Fsp3) is 0.667. The standard InChI is InChI=1S/C12H21NS/c1-10(2)13-8-7-12(3,4)11-6-5-9-14-11/h5-6,9-10,13H,7-8H2,1-4H3. The largest absolute Gasteiger partial charge is 0.315 e. The highest BCUT2D eigenvalue weighted by Gasteiger charge is 2.20. The molecule has 0 aliphatic rings. The van der Waals surface area contributed by atoms with Crippen LogP contribution < -0.4 is 5.32 Å². The minimum atomic E-state index is 0.316. The molecule has 1 aromatic rings. The number of hydrogen-bond donors (Lipinski definition) is 1. The minimum Gasteiger partial charge on any atom is -0.315 e. The van der Waals surface area contributed by atoms with Gasteiger partial charge in [0, 0.05) is 16.3 Å². The highest BCUT2D eigenvalue weighted by molar-refractivity contribution is 7.10. The highest BCUT2D eigenvalue weighted by atomic mass is 32.1. The maximum absolute atomic E-state index is 3.47. The van der Waals surface area contributed by atoms with E-state index < -0.39 is 0 Å². The predicted octanol–water partition coefficient (Wildman–Crippen LogP) is 3.41. The molecule has 80 valence electrons. The summed E-state index contributed by atoms with van der Waals surface area (Å²) in [5.41, 5.74) is 0.316. The summed E-state index contributed by atoms with van der Waals surface area (Å²) in [6.07, 6.45) is 1.20. The molecule has 0 spiro atoms. The normalized spacial score (nSPS) is 12.4. The zero-order valence-corrected chi connectivity index (χ0v) is 10.4. The van der Waals surface area contributed by atoms with Gasteiger partial charge in [-0.1, -0.05) is 33.8 Å². The lowest BCUT2D eigenvalue weighted by Crippen LogP contribution is -2.29. The molecule has 14 heavy (non-hydrogen) atoms. The van der Waals surface area contributed by atoms with Crippen molar-refractivity contribution in [3.05, 3.63) is 22.4 Å². The van der Waals surface area contributed by atoms with E-state index in [0.29, 0.717) is 11.5 Å². The smallest absolute Gasteiger partial charge is 0.0102 e. The van der Waals surface area contributed by atoms with Crippen LogP contribution >= 0.6 is 11.3 Å². The van der Waals surface area contributed by atoms with Gasteiger partial charge in [0.2, 0.25) is 0 Å². The summed E-state index contributed by atoms with van der Waals surface area (Å²) in [7, 11) is 0. The zero-order chi connectivity index (χ0) is 10.6. The second kappa shape index (κ2) is 4.94. The van der Waals surface area contributed by atoms with Crippen molar-refractivity contribution in [3.63, 3.8) is 0 Å². The second-order valence-electron chi connectivity index (χ2n) is 4.72. The van der Waals surface area contributed by atoms with Gasteiger partial charge in [0.15, 0.2) is 0 Å². The van der Waals surface area contributed by atoms with Gasteiger partial charge in [-0.05, 0) is 24.4 Å². The first-order valence-electron chi connectivity index (χ1n) is 5.30. The van der Waals surface area contributed by atoms with Gasteiger partial charge in [-0.2, -0.15) is 0 Å². The molecule has 0 radical (unpaired) electrons. The van der Waals surface area contributed by atoms with Crippen LogP contribution in [-0.2, 0) is 5.41 Å². The van der Waals surface area contributed by atoms with Crippen molar-refractivity contribution < 1.29 is 0 Å².